The molecule has 1 aromatic carbocycles. The van der Waals surface area contributed by atoms with E-state index in [9.17, 15) is 18.0 Å². The van der Waals surface area contributed by atoms with E-state index >= 15 is 0 Å². The molecule has 104 valence electrons. The molecule has 0 radical (unpaired) electrons. The summed E-state index contributed by atoms with van der Waals surface area (Å²) >= 11 is 0.778. The molecule has 1 N–H and O–H groups in total. The molecule has 0 saturated heterocycles. The maximum Gasteiger partial charge on any atom is 0.417 e. The van der Waals surface area contributed by atoms with Crippen LogP contribution in [0.5, 0.6) is 0 Å². The summed E-state index contributed by atoms with van der Waals surface area (Å²) in [5.41, 5.74) is -0.792. The van der Waals surface area contributed by atoms with Gasteiger partial charge in [-0.1, -0.05) is 23.9 Å². The Hall–Kier alpha value is -2.02. The largest absolute Gasteiger partial charge is 0.478 e. The topological polar surface area (TPSA) is 50.2 Å². The second-order valence-electron chi connectivity index (χ2n) is 3.78. The molecule has 0 bridgehead atoms. The lowest BCUT2D eigenvalue weighted by Crippen LogP contribution is -2.06. The average molecular weight is 299 g/mol. The molecule has 20 heavy (non-hydrogen) atoms. The van der Waals surface area contributed by atoms with Crippen molar-refractivity contribution in [2.45, 2.75) is 16.1 Å². The Balaban J connectivity index is 2.36. The molecule has 0 atom stereocenters. The summed E-state index contributed by atoms with van der Waals surface area (Å²) in [7, 11) is 0. The van der Waals surface area contributed by atoms with E-state index in [1.807, 2.05) is 0 Å². The first-order valence-electron chi connectivity index (χ1n) is 5.41. The van der Waals surface area contributed by atoms with Gasteiger partial charge in [0.15, 0.2) is 0 Å². The van der Waals surface area contributed by atoms with Crippen LogP contribution in [0.2, 0.25) is 0 Å². The molecular formula is C13H8F3NO2S. The first-order valence-corrected chi connectivity index (χ1v) is 6.23. The number of carboxylic acids is 1. The van der Waals surface area contributed by atoms with E-state index in [0.717, 1.165) is 17.8 Å². The van der Waals surface area contributed by atoms with Gasteiger partial charge in [0.2, 0.25) is 0 Å². The zero-order chi connectivity index (χ0) is 14.8. The van der Waals surface area contributed by atoms with Gasteiger partial charge in [-0.25, -0.2) is 9.78 Å². The van der Waals surface area contributed by atoms with Crippen LogP contribution in [0.25, 0.3) is 0 Å². The molecule has 0 aliphatic rings. The monoisotopic (exact) mass is 299 g/mol. The van der Waals surface area contributed by atoms with Gasteiger partial charge in [-0.2, -0.15) is 13.2 Å². The van der Waals surface area contributed by atoms with Crippen LogP contribution in [-0.4, -0.2) is 16.1 Å². The molecule has 0 unspecified atom stereocenters. The van der Waals surface area contributed by atoms with Crippen molar-refractivity contribution in [2.75, 3.05) is 0 Å². The Morgan fingerprint density at radius 3 is 2.55 bits per heavy atom. The number of rotatable bonds is 3. The van der Waals surface area contributed by atoms with Crippen molar-refractivity contribution in [1.82, 2.24) is 4.98 Å². The zero-order valence-electron chi connectivity index (χ0n) is 9.89. The van der Waals surface area contributed by atoms with Crippen molar-refractivity contribution in [3.05, 3.63) is 53.7 Å². The molecule has 0 aliphatic carbocycles. The third-order valence-electron chi connectivity index (χ3n) is 2.39. The second-order valence-corrected chi connectivity index (χ2v) is 4.85. The highest BCUT2D eigenvalue weighted by molar-refractivity contribution is 7.99. The molecule has 1 aromatic heterocycles. The smallest absolute Gasteiger partial charge is 0.417 e. The minimum absolute atomic E-state index is 0.0185. The molecule has 3 nitrogen and oxygen atoms in total. The fourth-order valence-electron chi connectivity index (χ4n) is 1.50. The van der Waals surface area contributed by atoms with E-state index in [1.54, 1.807) is 0 Å². The van der Waals surface area contributed by atoms with Crippen molar-refractivity contribution < 1.29 is 23.1 Å². The van der Waals surface area contributed by atoms with Crippen LogP contribution in [0.15, 0.2) is 52.5 Å². The summed E-state index contributed by atoms with van der Waals surface area (Å²) in [4.78, 5) is 14.7. The molecule has 0 aliphatic heterocycles. The van der Waals surface area contributed by atoms with Crippen LogP contribution in [0, 0.1) is 0 Å². The van der Waals surface area contributed by atoms with Gasteiger partial charge in [-0.15, -0.1) is 0 Å². The number of alkyl halides is 3. The maximum absolute atomic E-state index is 12.8. The minimum atomic E-state index is -4.46. The van der Waals surface area contributed by atoms with Crippen molar-refractivity contribution in [3.63, 3.8) is 0 Å². The average Bonchev–Trinajstić information content (AvgIpc) is 2.38. The van der Waals surface area contributed by atoms with Crippen LogP contribution < -0.4 is 0 Å². The number of carboxylic acid groups (broad SMARTS) is 1. The molecule has 7 heteroatoms. The van der Waals surface area contributed by atoms with Crippen LogP contribution in [-0.2, 0) is 6.18 Å². The van der Waals surface area contributed by atoms with Gasteiger partial charge in [0.05, 0.1) is 11.1 Å². The molecule has 0 spiro atoms. The number of hydrogen-bond donors (Lipinski definition) is 1. The molecule has 1 heterocycles. The van der Waals surface area contributed by atoms with Crippen LogP contribution in [0.3, 0.4) is 0 Å². The quantitative estimate of drug-likeness (QED) is 0.932. The van der Waals surface area contributed by atoms with E-state index in [1.165, 1.54) is 36.5 Å². The van der Waals surface area contributed by atoms with Gasteiger partial charge < -0.3 is 5.11 Å². The first-order chi connectivity index (χ1) is 9.38. The fraction of sp³-hybridized carbons (Fsp3) is 0.0769. The van der Waals surface area contributed by atoms with E-state index in [-0.39, 0.29) is 15.5 Å². The van der Waals surface area contributed by atoms with Gasteiger partial charge in [-0.05, 0) is 24.3 Å². The summed E-state index contributed by atoms with van der Waals surface area (Å²) in [5.74, 6) is -1.15. The number of halogens is 3. The van der Waals surface area contributed by atoms with Crippen LogP contribution in [0.4, 0.5) is 13.2 Å². The van der Waals surface area contributed by atoms with Gasteiger partial charge in [0.25, 0.3) is 0 Å². The van der Waals surface area contributed by atoms with Gasteiger partial charge in [0, 0.05) is 11.1 Å². The highest BCUT2D eigenvalue weighted by atomic mass is 32.2. The normalized spacial score (nSPS) is 11.3. The number of hydrogen-bond acceptors (Lipinski definition) is 3. The zero-order valence-corrected chi connectivity index (χ0v) is 10.7. The molecule has 2 rings (SSSR count). The third-order valence-corrected chi connectivity index (χ3v) is 3.40. The number of aromatic nitrogens is 1. The van der Waals surface area contributed by atoms with E-state index in [2.05, 4.69) is 4.98 Å². The third kappa shape index (κ3) is 3.30. The van der Waals surface area contributed by atoms with Crippen molar-refractivity contribution in [2.24, 2.45) is 0 Å². The summed E-state index contributed by atoms with van der Waals surface area (Å²) < 4.78 is 38.5. The standard InChI is InChI=1S/C13H8F3NO2S/c14-13(15,16)9-3-1-2-4-10(9)20-11-7-8(12(18)19)5-6-17-11/h1-7H,(H,18,19). The van der Waals surface area contributed by atoms with E-state index in [0.29, 0.717) is 0 Å². The van der Waals surface area contributed by atoms with Gasteiger partial charge in [0.1, 0.15) is 5.03 Å². The van der Waals surface area contributed by atoms with Crippen LogP contribution in [0.1, 0.15) is 15.9 Å². The number of benzene rings is 1. The highest BCUT2D eigenvalue weighted by Crippen LogP contribution is 2.38. The molecule has 0 saturated carbocycles. The number of carbonyl (C=O) groups is 1. The number of pyridine rings is 1. The lowest BCUT2D eigenvalue weighted by Gasteiger charge is -2.11. The highest BCUT2D eigenvalue weighted by Gasteiger charge is 2.33. The number of nitrogens with zero attached hydrogens (tertiary/aromatic N) is 1. The second kappa shape index (κ2) is 5.54. The minimum Gasteiger partial charge on any atom is -0.478 e. The lowest BCUT2D eigenvalue weighted by atomic mass is 10.2. The van der Waals surface area contributed by atoms with Crippen molar-refractivity contribution >= 4 is 17.7 Å². The molecule has 0 amide bonds. The molecular weight excluding hydrogens is 291 g/mol. The maximum atomic E-state index is 12.8. The fourth-order valence-corrected chi connectivity index (χ4v) is 2.47. The van der Waals surface area contributed by atoms with Gasteiger partial charge in [-0.3, -0.25) is 0 Å². The first kappa shape index (κ1) is 14.4. The summed E-state index contributed by atoms with van der Waals surface area (Å²) in [6, 6.07) is 7.60. The SMILES string of the molecule is O=C(O)c1ccnc(Sc2ccccc2C(F)(F)F)c1. The van der Waals surface area contributed by atoms with E-state index < -0.39 is 17.7 Å². The van der Waals surface area contributed by atoms with E-state index in [4.69, 9.17) is 5.11 Å². The summed E-state index contributed by atoms with van der Waals surface area (Å²) in [6.45, 7) is 0. The lowest BCUT2D eigenvalue weighted by molar-refractivity contribution is -0.139. The van der Waals surface area contributed by atoms with Crippen LogP contribution >= 0.6 is 11.8 Å². The predicted octanol–water partition coefficient (Wildman–Crippen LogP) is 3.95. The number of aromatic carboxylic acids is 1. The Kier molecular flexibility index (Phi) is 3.99. The molecule has 0 fully saturated rings. The Morgan fingerprint density at radius 2 is 1.90 bits per heavy atom. The van der Waals surface area contributed by atoms with Crippen molar-refractivity contribution in [1.29, 1.82) is 0 Å². The Morgan fingerprint density at radius 1 is 1.20 bits per heavy atom. The van der Waals surface area contributed by atoms with Gasteiger partial charge >= 0.3 is 12.1 Å². The molecule has 2 aromatic rings. The summed E-state index contributed by atoms with van der Waals surface area (Å²) in [5, 5.41) is 9.04. The summed E-state index contributed by atoms with van der Waals surface area (Å²) in [6.07, 6.45) is -3.21. The van der Waals surface area contributed by atoms with Crippen molar-refractivity contribution in [3.8, 4) is 0 Å². The Labute approximate surface area is 116 Å². The predicted molar refractivity (Wildman–Crippen MR) is 66.8 cm³/mol. The Bertz CT molecular complexity index is 644.